The van der Waals surface area contributed by atoms with Gasteiger partial charge in [-0.2, -0.15) is 0 Å². The molecule has 0 atom stereocenters. The minimum atomic E-state index is -0.397. The molecule has 6 heteroatoms. The Hall–Kier alpha value is -3.28. The monoisotopic (exact) mass is 339 g/mol. The molecule has 0 fully saturated rings. The number of fused-ring (bicyclic) bond motifs is 1. The molecule has 0 unspecified atom stereocenters. The van der Waals surface area contributed by atoms with Gasteiger partial charge in [0.2, 0.25) is 0 Å². The molecule has 3 aromatic carbocycles. The highest BCUT2D eigenvalue weighted by Crippen LogP contribution is 2.46. The third-order valence-corrected chi connectivity index (χ3v) is 4.08. The number of hydrogen-bond acceptors (Lipinski definition) is 5. The summed E-state index contributed by atoms with van der Waals surface area (Å²) >= 11 is 0. The number of nitro benzene ring substituents is 1. The van der Waals surface area contributed by atoms with Crippen molar-refractivity contribution in [3.05, 3.63) is 58.6 Å². The molecule has 6 nitrogen and oxygen atoms in total. The molecule has 0 N–H and O–H groups in total. The Labute approximate surface area is 144 Å². The van der Waals surface area contributed by atoms with Gasteiger partial charge in [-0.25, -0.2) is 0 Å². The van der Waals surface area contributed by atoms with Crippen LogP contribution in [0.3, 0.4) is 0 Å². The number of non-ortho nitro benzene ring substituents is 1. The van der Waals surface area contributed by atoms with Crippen LogP contribution in [0.2, 0.25) is 0 Å². The van der Waals surface area contributed by atoms with Gasteiger partial charge >= 0.3 is 0 Å². The first-order valence-electron chi connectivity index (χ1n) is 7.57. The van der Waals surface area contributed by atoms with Crippen molar-refractivity contribution in [2.24, 2.45) is 0 Å². The summed E-state index contributed by atoms with van der Waals surface area (Å²) < 4.78 is 16.2. The molecule has 3 aromatic rings. The SMILES string of the molecule is COc1ccc(-c2c(OC)c(OC)cc3c([N+](=O)[O-])cccc23)cc1. The van der Waals surface area contributed by atoms with E-state index < -0.39 is 4.92 Å². The third-order valence-electron chi connectivity index (χ3n) is 4.08. The lowest BCUT2D eigenvalue weighted by atomic mass is 9.95. The molecule has 128 valence electrons. The second-order valence-corrected chi connectivity index (χ2v) is 5.34. The van der Waals surface area contributed by atoms with Crippen molar-refractivity contribution in [2.75, 3.05) is 21.3 Å². The summed E-state index contributed by atoms with van der Waals surface area (Å²) in [7, 11) is 4.66. The van der Waals surface area contributed by atoms with Crippen LogP contribution in [-0.4, -0.2) is 26.3 Å². The second kappa shape index (κ2) is 6.68. The molecular formula is C19H17NO5. The topological polar surface area (TPSA) is 70.8 Å². The Morgan fingerprint density at radius 3 is 2.16 bits per heavy atom. The fourth-order valence-corrected chi connectivity index (χ4v) is 2.92. The Morgan fingerprint density at radius 2 is 1.60 bits per heavy atom. The fraction of sp³-hybridized carbons (Fsp3) is 0.158. The van der Waals surface area contributed by atoms with Gasteiger partial charge in [-0.05, 0) is 23.8 Å². The van der Waals surface area contributed by atoms with Crippen molar-refractivity contribution >= 4 is 16.5 Å². The largest absolute Gasteiger partial charge is 0.497 e. The number of ether oxygens (including phenoxy) is 3. The van der Waals surface area contributed by atoms with E-state index in [1.165, 1.54) is 13.2 Å². The van der Waals surface area contributed by atoms with Crippen LogP contribution in [0.1, 0.15) is 0 Å². The minimum absolute atomic E-state index is 0.0215. The van der Waals surface area contributed by atoms with E-state index in [1.54, 1.807) is 26.4 Å². The van der Waals surface area contributed by atoms with Crippen molar-refractivity contribution in [3.63, 3.8) is 0 Å². The van der Waals surface area contributed by atoms with Crippen LogP contribution in [0.15, 0.2) is 48.5 Å². The molecule has 0 aliphatic heterocycles. The van der Waals surface area contributed by atoms with Gasteiger partial charge in [0.05, 0.1) is 31.6 Å². The molecule has 0 saturated heterocycles. The van der Waals surface area contributed by atoms with Crippen molar-refractivity contribution in [1.29, 1.82) is 0 Å². The van der Waals surface area contributed by atoms with E-state index in [4.69, 9.17) is 14.2 Å². The van der Waals surface area contributed by atoms with Gasteiger partial charge in [0.25, 0.3) is 5.69 Å². The molecule has 0 aromatic heterocycles. The van der Waals surface area contributed by atoms with Crippen LogP contribution >= 0.6 is 0 Å². The average Bonchev–Trinajstić information content (AvgIpc) is 2.65. The molecule has 3 rings (SSSR count). The zero-order valence-corrected chi connectivity index (χ0v) is 14.1. The van der Waals surface area contributed by atoms with Crippen LogP contribution in [-0.2, 0) is 0 Å². The molecule has 0 aliphatic carbocycles. The number of benzene rings is 3. The maximum atomic E-state index is 11.4. The summed E-state index contributed by atoms with van der Waals surface area (Å²) in [5.74, 6) is 1.69. The van der Waals surface area contributed by atoms with Crippen LogP contribution < -0.4 is 14.2 Å². The van der Waals surface area contributed by atoms with Crippen molar-refractivity contribution in [2.45, 2.75) is 0 Å². The molecule has 0 aliphatic rings. The molecule has 0 spiro atoms. The average molecular weight is 339 g/mol. The van der Waals surface area contributed by atoms with E-state index in [0.717, 1.165) is 22.3 Å². The van der Waals surface area contributed by atoms with Crippen LogP contribution in [0.4, 0.5) is 5.69 Å². The zero-order chi connectivity index (χ0) is 18.0. The summed E-state index contributed by atoms with van der Waals surface area (Å²) in [6.45, 7) is 0. The summed E-state index contributed by atoms with van der Waals surface area (Å²) in [5.41, 5.74) is 1.61. The highest BCUT2D eigenvalue weighted by Gasteiger charge is 2.21. The number of nitro groups is 1. The lowest BCUT2D eigenvalue weighted by Crippen LogP contribution is -1.97. The first kappa shape index (κ1) is 16.6. The van der Waals surface area contributed by atoms with Crippen molar-refractivity contribution in [3.8, 4) is 28.4 Å². The molecular weight excluding hydrogens is 322 g/mol. The van der Waals surface area contributed by atoms with Gasteiger partial charge in [-0.15, -0.1) is 0 Å². The van der Waals surface area contributed by atoms with Gasteiger partial charge in [-0.3, -0.25) is 10.1 Å². The first-order chi connectivity index (χ1) is 12.1. The lowest BCUT2D eigenvalue weighted by molar-refractivity contribution is -0.383. The van der Waals surface area contributed by atoms with E-state index in [1.807, 2.05) is 30.3 Å². The lowest BCUT2D eigenvalue weighted by Gasteiger charge is -2.16. The molecule has 0 saturated carbocycles. The zero-order valence-electron chi connectivity index (χ0n) is 14.1. The quantitative estimate of drug-likeness (QED) is 0.507. The first-order valence-corrected chi connectivity index (χ1v) is 7.57. The summed E-state index contributed by atoms with van der Waals surface area (Å²) in [4.78, 5) is 11.0. The van der Waals surface area contributed by atoms with Gasteiger partial charge in [0, 0.05) is 17.0 Å². The van der Waals surface area contributed by atoms with Crippen LogP contribution in [0.25, 0.3) is 21.9 Å². The maximum Gasteiger partial charge on any atom is 0.277 e. The molecule has 0 bridgehead atoms. The Kier molecular flexibility index (Phi) is 4.43. The smallest absolute Gasteiger partial charge is 0.277 e. The van der Waals surface area contributed by atoms with E-state index in [-0.39, 0.29) is 5.69 Å². The number of methoxy groups -OCH3 is 3. The Balaban J connectivity index is 2.41. The standard InChI is InChI=1S/C19H17NO5/c1-23-13-9-7-12(8-10-13)18-14-5-4-6-16(20(21)22)15(14)11-17(24-2)19(18)25-3/h4-11H,1-3H3. The van der Waals surface area contributed by atoms with E-state index in [0.29, 0.717) is 16.9 Å². The maximum absolute atomic E-state index is 11.4. The molecule has 0 radical (unpaired) electrons. The predicted octanol–water partition coefficient (Wildman–Crippen LogP) is 4.44. The predicted molar refractivity (Wildman–Crippen MR) is 95.7 cm³/mol. The second-order valence-electron chi connectivity index (χ2n) is 5.34. The minimum Gasteiger partial charge on any atom is -0.497 e. The fourth-order valence-electron chi connectivity index (χ4n) is 2.92. The van der Waals surface area contributed by atoms with Crippen molar-refractivity contribution < 1.29 is 19.1 Å². The van der Waals surface area contributed by atoms with E-state index in [2.05, 4.69) is 0 Å². The normalized spacial score (nSPS) is 10.5. The van der Waals surface area contributed by atoms with Crippen LogP contribution in [0.5, 0.6) is 17.2 Å². The van der Waals surface area contributed by atoms with Gasteiger partial charge < -0.3 is 14.2 Å². The number of hydrogen-bond donors (Lipinski definition) is 0. The van der Waals surface area contributed by atoms with Crippen LogP contribution in [0, 0.1) is 10.1 Å². The van der Waals surface area contributed by atoms with Gasteiger partial charge in [-0.1, -0.05) is 24.3 Å². The molecule has 0 amide bonds. The summed E-state index contributed by atoms with van der Waals surface area (Å²) in [5, 5.41) is 12.6. The molecule has 25 heavy (non-hydrogen) atoms. The summed E-state index contributed by atoms with van der Waals surface area (Å²) in [6, 6.07) is 14.0. The number of rotatable bonds is 5. The van der Waals surface area contributed by atoms with E-state index in [9.17, 15) is 10.1 Å². The Bertz CT molecular complexity index is 935. The van der Waals surface area contributed by atoms with Crippen molar-refractivity contribution in [1.82, 2.24) is 0 Å². The Morgan fingerprint density at radius 1 is 0.880 bits per heavy atom. The van der Waals surface area contributed by atoms with E-state index >= 15 is 0 Å². The molecule has 0 heterocycles. The number of nitrogens with zero attached hydrogens (tertiary/aromatic N) is 1. The summed E-state index contributed by atoms with van der Waals surface area (Å²) in [6.07, 6.45) is 0. The van der Waals surface area contributed by atoms with Gasteiger partial charge in [0.1, 0.15) is 5.75 Å². The highest BCUT2D eigenvalue weighted by molar-refractivity contribution is 6.05. The van der Waals surface area contributed by atoms with Gasteiger partial charge in [0.15, 0.2) is 11.5 Å². The highest BCUT2D eigenvalue weighted by atomic mass is 16.6. The third kappa shape index (κ3) is 2.82.